The van der Waals surface area contributed by atoms with Gasteiger partial charge in [0.15, 0.2) is 4.96 Å². The van der Waals surface area contributed by atoms with E-state index in [-0.39, 0.29) is 11.8 Å². The lowest BCUT2D eigenvalue weighted by molar-refractivity contribution is 0.0827. The number of nitrogens with zero attached hydrogens (tertiary/aromatic N) is 3. The van der Waals surface area contributed by atoms with Crippen LogP contribution in [0.3, 0.4) is 0 Å². The van der Waals surface area contributed by atoms with Gasteiger partial charge in [-0.15, -0.1) is 22.7 Å². The van der Waals surface area contributed by atoms with Gasteiger partial charge in [0, 0.05) is 37.8 Å². The lowest BCUT2D eigenvalue weighted by Gasteiger charge is -2.11. The number of thiophene rings is 1. The fraction of sp³-hybridized carbons (Fsp3) is 0.167. The maximum Gasteiger partial charge on any atom is 0.261 e. The standard InChI is InChI=1S/C18H16N4O2S2/c1-21(2)17(24)12-5-3-4-11(8-12)10-19-15(23)14-9-13-16(26-14)20-18-22(13)6-7-25-18/h3-9H,10H2,1-2H3,(H,19,23). The molecule has 26 heavy (non-hydrogen) atoms. The highest BCUT2D eigenvalue weighted by atomic mass is 32.1. The van der Waals surface area contributed by atoms with Crippen molar-refractivity contribution in [2.75, 3.05) is 14.1 Å². The van der Waals surface area contributed by atoms with Gasteiger partial charge in [0.25, 0.3) is 11.8 Å². The van der Waals surface area contributed by atoms with Gasteiger partial charge in [0.2, 0.25) is 0 Å². The predicted molar refractivity (Wildman–Crippen MR) is 104 cm³/mol. The van der Waals surface area contributed by atoms with E-state index < -0.39 is 0 Å². The normalized spacial score (nSPS) is 11.2. The summed E-state index contributed by atoms with van der Waals surface area (Å²) in [7, 11) is 3.43. The van der Waals surface area contributed by atoms with Crippen LogP contribution < -0.4 is 5.32 Å². The van der Waals surface area contributed by atoms with Crippen molar-refractivity contribution < 1.29 is 9.59 Å². The number of fused-ring (bicyclic) bond motifs is 3. The molecule has 3 heterocycles. The second kappa shape index (κ2) is 6.54. The molecule has 0 aliphatic rings. The molecule has 0 fully saturated rings. The minimum atomic E-state index is -0.138. The van der Waals surface area contributed by atoms with Crippen LogP contribution in [0.15, 0.2) is 41.9 Å². The molecule has 0 bridgehead atoms. The van der Waals surface area contributed by atoms with E-state index in [2.05, 4.69) is 10.3 Å². The van der Waals surface area contributed by atoms with Crippen LogP contribution in [-0.2, 0) is 6.54 Å². The van der Waals surface area contributed by atoms with Crippen LogP contribution >= 0.6 is 22.7 Å². The van der Waals surface area contributed by atoms with Crippen molar-refractivity contribution in [1.82, 2.24) is 19.6 Å². The summed E-state index contributed by atoms with van der Waals surface area (Å²) in [6.45, 7) is 0.365. The summed E-state index contributed by atoms with van der Waals surface area (Å²) in [6.07, 6.45) is 1.96. The molecule has 4 aromatic rings. The summed E-state index contributed by atoms with van der Waals surface area (Å²) in [5.41, 5.74) is 2.45. The van der Waals surface area contributed by atoms with Crippen molar-refractivity contribution in [3.05, 3.63) is 57.9 Å². The van der Waals surface area contributed by atoms with Gasteiger partial charge in [-0.25, -0.2) is 4.98 Å². The first-order valence-electron chi connectivity index (χ1n) is 7.97. The number of nitrogens with one attached hydrogen (secondary N) is 1. The molecule has 0 spiro atoms. The Hall–Kier alpha value is -2.71. The number of benzene rings is 1. The number of thiazole rings is 1. The van der Waals surface area contributed by atoms with Crippen molar-refractivity contribution in [2.24, 2.45) is 0 Å². The molecule has 0 unspecified atom stereocenters. The van der Waals surface area contributed by atoms with Crippen LogP contribution in [0.1, 0.15) is 25.6 Å². The number of carbonyl (C=O) groups is 2. The number of carbonyl (C=O) groups excluding carboxylic acids is 2. The zero-order valence-electron chi connectivity index (χ0n) is 14.2. The average molecular weight is 384 g/mol. The molecule has 0 saturated heterocycles. The SMILES string of the molecule is CN(C)C(=O)c1cccc(CNC(=O)c2cc3c(nc4sccn43)s2)c1. The van der Waals surface area contributed by atoms with Gasteiger partial charge in [-0.2, -0.15) is 0 Å². The molecule has 132 valence electrons. The Kier molecular flexibility index (Phi) is 4.21. The number of hydrogen-bond acceptors (Lipinski definition) is 5. The molecule has 3 aromatic heterocycles. The fourth-order valence-corrected chi connectivity index (χ4v) is 4.42. The van der Waals surface area contributed by atoms with Crippen molar-refractivity contribution >= 4 is 49.8 Å². The van der Waals surface area contributed by atoms with E-state index in [0.29, 0.717) is 17.0 Å². The zero-order chi connectivity index (χ0) is 18.3. The highest BCUT2D eigenvalue weighted by Crippen LogP contribution is 2.28. The topological polar surface area (TPSA) is 66.7 Å². The molecular weight excluding hydrogens is 368 g/mol. The number of amides is 2. The minimum Gasteiger partial charge on any atom is -0.347 e. The fourth-order valence-electron chi connectivity index (χ4n) is 2.70. The summed E-state index contributed by atoms with van der Waals surface area (Å²) in [5.74, 6) is -0.195. The van der Waals surface area contributed by atoms with E-state index in [1.54, 1.807) is 37.6 Å². The Balaban J connectivity index is 1.49. The predicted octanol–water partition coefficient (Wildman–Crippen LogP) is 3.24. The molecule has 0 aliphatic carbocycles. The maximum absolute atomic E-state index is 12.5. The molecule has 1 N–H and O–H groups in total. The zero-order valence-corrected chi connectivity index (χ0v) is 15.9. The van der Waals surface area contributed by atoms with Crippen molar-refractivity contribution in [2.45, 2.75) is 6.54 Å². The molecule has 6 nitrogen and oxygen atoms in total. The molecule has 1 aromatic carbocycles. The minimum absolute atomic E-state index is 0.0573. The largest absolute Gasteiger partial charge is 0.347 e. The van der Waals surface area contributed by atoms with Gasteiger partial charge in [-0.05, 0) is 23.8 Å². The summed E-state index contributed by atoms with van der Waals surface area (Å²) < 4.78 is 1.99. The van der Waals surface area contributed by atoms with E-state index in [1.807, 2.05) is 34.2 Å². The van der Waals surface area contributed by atoms with Gasteiger partial charge < -0.3 is 10.2 Å². The van der Waals surface area contributed by atoms with Gasteiger partial charge in [0.1, 0.15) is 4.83 Å². The Morgan fingerprint density at radius 3 is 2.92 bits per heavy atom. The first-order chi connectivity index (χ1) is 12.5. The quantitative estimate of drug-likeness (QED) is 0.587. The molecule has 0 radical (unpaired) electrons. The number of imidazole rings is 1. The molecule has 0 aliphatic heterocycles. The Morgan fingerprint density at radius 1 is 1.27 bits per heavy atom. The van der Waals surface area contributed by atoms with E-state index >= 15 is 0 Å². The summed E-state index contributed by atoms with van der Waals surface area (Å²) in [5, 5.41) is 4.89. The highest BCUT2D eigenvalue weighted by molar-refractivity contribution is 7.21. The van der Waals surface area contributed by atoms with Crippen LogP contribution in [-0.4, -0.2) is 40.2 Å². The number of aromatic nitrogens is 2. The van der Waals surface area contributed by atoms with Crippen LogP contribution in [0.25, 0.3) is 15.3 Å². The van der Waals surface area contributed by atoms with Crippen LogP contribution in [0.2, 0.25) is 0 Å². The first-order valence-corrected chi connectivity index (χ1v) is 9.66. The molecule has 4 rings (SSSR count). The second-order valence-electron chi connectivity index (χ2n) is 6.05. The van der Waals surface area contributed by atoms with Crippen molar-refractivity contribution in [3.63, 3.8) is 0 Å². The maximum atomic E-state index is 12.5. The third kappa shape index (κ3) is 2.97. The van der Waals surface area contributed by atoms with E-state index in [0.717, 1.165) is 20.9 Å². The van der Waals surface area contributed by atoms with Crippen molar-refractivity contribution in [1.29, 1.82) is 0 Å². The van der Waals surface area contributed by atoms with Gasteiger partial charge >= 0.3 is 0 Å². The lowest BCUT2D eigenvalue weighted by Crippen LogP contribution is -2.23. The van der Waals surface area contributed by atoms with Crippen LogP contribution in [0.5, 0.6) is 0 Å². The summed E-state index contributed by atoms with van der Waals surface area (Å²) in [6, 6.07) is 9.16. The van der Waals surface area contributed by atoms with E-state index in [9.17, 15) is 9.59 Å². The van der Waals surface area contributed by atoms with Crippen LogP contribution in [0, 0.1) is 0 Å². The molecule has 0 saturated carbocycles. The molecule has 2 amide bonds. The van der Waals surface area contributed by atoms with Gasteiger partial charge in [-0.1, -0.05) is 12.1 Å². The third-order valence-electron chi connectivity index (χ3n) is 4.00. The Bertz CT molecular complexity index is 1120. The third-order valence-corrected chi connectivity index (χ3v) is 5.77. The number of hydrogen-bond donors (Lipinski definition) is 1. The monoisotopic (exact) mass is 384 g/mol. The summed E-state index contributed by atoms with van der Waals surface area (Å²) in [4.78, 5) is 33.0. The van der Waals surface area contributed by atoms with Crippen molar-refractivity contribution in [3.8, 4) is 0 Å². The van der Waals surface area contributed by atoms with Gasteiger partial charge in [-0.3, -0.25) is 14.0 Å². The Labute approximate surface area is 157 Å². The van der Waals surface area contributed by atoms with E-state index in [1.165, 1.54) is 16.2 Å². The molecule has 8 heteroatoms. The summed E-state index contributed by atoms with van der Waals surface area (Å²) >= 11 is 2.96. The average Bonchev–Trinajstić information content (AvgIpc) is 3.31. The first kappa shape index (κ1) is 16.7. The van der Waals surface area contributed by atoms with E-state index in [4.69, 9.17) is 0 Å². The lowest BCUT2D eigenvalue weighted by atomic mass is 10.1. The smallest absolute Gasteiger partial charge is 0.261 e. The Morgan fingerprint density at radius 2 is 2.12 bits per heavy atom. The van der Waals surface area contributed by atoms with Crippen LogP contribution in [0.4, 0.5) is 0 Å². The second-order valence-corrected chi connectivity index (χ2v) is 7.95. The highest BCUT2D eigenvalue weighted by Gasteiger charge is 2.15. The van der Waals surface area contributed by atoms with Gasteiger partial charge in [0.05, 0.1) is 10.4 Å². The number of rotatable bonds is 4. The molecular formula is C18H16N4O2S2. The molecule has 0 atom stereocenters.